The molecule has 0 saturated heterocycles. The minimum absolute atomic E-state index is 0.111. The van der Waals surface area contributed by atoms with Crippen molar-refractivity contribution in [2.45, 2.75) is 19.4 Å². The molecule has 4 N–H and O–H groups in total. The molecule has 0 fully saturated rings. The van der Waals surface area contributed by atoms with Gasteiger partial charge in [-0.15, -0.1) is 0 Å². The molecule has 6 heteroatoms. The summed E-state index contributed by atoms with van der Waals surface area (Å²) in [6.07, 6.45) is 0.639. The first-order valence-corrected chi connectivity index (χ1v) is 7.77. The number of para-hydroxylation sites is 1. The Hall–Kier alpha value is -2.86. The summed E-state index contributed by atoms with van der Waals surface area (Å²) in [5.41, 5.74) is 1.60. The fourth-order valence-electron chi connectivity index (χ4n) is 2.10. The summed E-state index contributed by atoms with van der Waals surface area (Å²) >= 11 is 0. The first kappa shape index (κ1) is 17.5. The summed E-state index contributed by atoms with van der Waals surface area (Å²) < 4.78 is 0. The summed E-state index contributed by atoms with van der Waals surface area (Å²) in [6, 6.07) is 15.0. The molecule has 0 spiro atoms. The standard InChI is InChI=1S/C18H21N3O3/c1-2-14(12-22)19-17(23)13-7-6-10-16(11-13)21-18(24)20-15-8-4-3-5-9-15/h3-11,14,22H,2,12H2,1H3,(H,19,23)(H2,20,21,24)/t14-/m1/s1. The maximum atomic E-state index is 12.2. The number of nitrogens with one attached hydrogen (secondary N) is 3. The van der Waals surface area contributed by atoms with Crippen LogP contribution in [0.1, 0.15) is 23.7 Å². The van der Waals surface area contributed by atoms with Gasteiger partial charge in [0, 0.05) is 16.9 Å². The van der Waals surface area contributed by atoms with E-state index in [0.717, 1.165) is 0 Å². The molecule has 0 saturated carbocycles. The van der Waals surface area contributed by atoms with E-state index in [1.807, 2.05) is 25.1 Å². The number of carbonyl (C=O) groups excluding carboxylic acids is 2. The zero-order valence-corrected chi connectivity index (χ0v) is 13.5. The SMILES string of the molecule is CC[C@H](CO)NC(=O)c1cccc(NC(=O)Nc2ccccc2)c1. The van der Waals surface area contributed by atoms with Gasteiger partial charge in [0.05, 0.1) is 12.6 Å². The number of hydrogen-bond donors (Lipinski definition) is 4. The van der Waals surface area contributed by atoms with Gasteiger partial charge in [-0.1, -0.05) is 31.2 Å². The van der Waals surface area contributed by atoms with Gasteiger partial charge in [-0.25, -0.2) is 4.79 Å². The molecule has 0 unspecified atom stereocenters. The summed E-state index contributed by atoms with van der Waals surface area (Å²) in [6.45, 7) is 1.77. The predicted molar refractivity (Wildman–Crippen MR) is 94.2 cm³/mol. The first-order valence-electron chi connectivity index (χ1n) is 7.77. The van der Waals surface area contributed by atoms with Gasteiger partial charge in [0.25, 0.3) is 5.91 Å². The number of benzene rings is 2. The van der Waals surface area contributed by atoms with Gasteiger partial charge in [0.2, 0.25) is 0 Å². The van der Waals surface area contributed by atoms with Crippen LogP contribution in [0.4, 0.5) is 16.2 Å². The van der Waals surface area contributed by atoms with Gasteiger partial charge in [-0.05, 0) is 36.8 Å². The number of hydrogen-bond acceptors (Lipinski definition) is 3. The summed E-state index contributed by atoms with van der Waals surface area (Å²) in [5, 5.41) is 17.3. The Bertz CT molecular complexity index is 685. The zero-order chi connectivity index (χ0) is 17.4. The number of urea groups is 1. The molecular weight excluding hydrogens is 306 g/mol. The van der Waals surface area contributed by atoms with Crippen LogP contribution in [0.25, 0.3) is 0 Å². The van der Waals surface area contributed by atoms with E-state index in [-0.39, 0.29) is 24.6 Å². The second kappa shape index (κ2) is 8.69. The number of rotatable bonds is 6. The highest BCUT2D eigenvalue weighted by molar-refractivity contribution is 6.01. The highest BCUT2D eigenvalue weighted by atomic mass is 16.3. The summed E-state index contributed by atoms with van der Waals surface area (Å²) in [5.74, 6) is -0.289. The van der Waals surface area contributed by atoms with Gasteiger partial charge >= 0.3 is 6.03 Å². The van der Waals surface area contributed by atoms with Crippen molar-refractivity contribution in [2.24, 2.45) is 0 Å². The topological polar surface area (TPSA) is 90.5 Å². The van der Waals surface area contributed by atoms with Crippen LogP contribution in [0, 0.1) is 0 Å². The minimum Gasteiger partial charge on any atom is -0.394 e. The van der Waals surface area contributed by atoms with E-state index in [1.54, 1.807) is 36.4 Å². The van der Waals surface area contributed by atoms with Crippen molar-refractivity contribution >= 4 is 23.3 Å². The number of anilines is 2. The van der Waals surface area contributed by atoms with E-state index >= 15 is 0 Å². The van der Waals surface area contributed by atoms with Crippen molar-refractivity contribution in [2.75, 3.05) is 17.2 Å². The number of amides is 3. The second-order valence-electron chi connectivity index (χ2n) is 5.29. The fourth-order valence-corrected chi connectivity index (χ4v) is 2.10. The first-order chi connectivity index (χ1) is 11.6. The average molecular weight is 327 g/mol. The van der Waals surface area contributed by atoms with Crippen molar-refractivity contribution in [3.8, 4) is 0 Å². The Balaban J connectivity index is 1.99. The summed E-state index contributed by atoms with van der Waals surface area (Å²) in [7, 11) is 0. The number of aliphatic hydroxyl groups excluding tert-OH is 1. The lowest BCUT2D eigenvalue weighted by molar-refractivity contribution is 0.0915. The molecule has 0 aliphatic carbocycles. The molecule has 0 aromatic heterocycles. The fraction of sp³-hybridized carbons (Fsp3) is 0.222. The van der Waals surface area contributed by atoms with Crippen LogP contribution in [-0.4, -0.2) is 29.7 Å². The van der Waals surface area contributed by atoms with Gasteiger partial charge in [-0.3, -0.25) is 4.79 Å². The normalized spacial score (nSPS) is 11.4. The molecule has 0 aliphatic heterocycles. The van der Waals surface area contributed by atoms with Crippen LogP contribution in [0.3, 0.4) is 0 Å². The van der Waals surface area contributed by atoms with Gasteiger partial charge < -0.3 is 21.1 Å². The molecule has 2 aromatic rings. The summed E-state index contributed by atoms with van der Waals surface area (Å²) in [4.78, 5) is 24.1. The largest absolute Gasteiger partial charge is 0.394 e. The van der Waals surface area contributed by atoms with Crippen molar-refractivity contribution in [3.63, 3.8) is 0 Å². The smallest absolute Gasteiger partial charge is 0.323 e. The van der Waals surface area contributed by atoms with Crippen molar-refractivity contribution in [1.82, 2.24) is 5.32 Å². The van der Waals surface area contributed by atoms with Gasteiger partial charge in [0.15, 0.2) is 0 Å². The highest BCUT2D eigenvalue weighted by Crippen LogP contribution is 2.12. The van der Waals surface area contributed by atoms with Crippen LogP contribution in [0.5, 0.6) is 0 Å². The van der Waals surface area contributed by atoms with E-state index in [2.05, 4.69) is 16.0 Å². The van der Waals surface area contributed by atoms with E-state index < -0.39 is 0 Å². The van der Waals surface area contributed by atoms with Gasteiger partial charge in [-0.2, -0.15) is 0 Å². The Morgan fingerprint density at radius 3 is 2.33 bits per heavy atom. The highest BCUT2D eigenvalue weighted by Gasteiger charge is 2.12. The van der Waals surface area contributed by atoms with E-state index in [4.69, 9.17) is 5.11 Å². The molecule has 2 rings (SSSR count). The molecule has 0 bridgehead atoms. The number of aliphatic hydroxyl groups is 1. The molecule has 0 radical (unpaired) electrons. The molecule has 0 aliphatic rings. The Labute approximate surface area is 140 Å². The van der Waals surface area contributed by atoms with Crippen LogP contribution < -0.4 is 16.0 Å². The Morgan fingerprint density at radius 1 is 1.00 bits per heavy atom. The lowest BCUT2D eigenvalue weighted by atomic mass is 10.1. The lowest BCUT2D eigenvalue weighted by Gasteiger charge is -2.14. The quantitative estimate of drug-likeness (QED) is 0.657. The van der Waals surface area contributed by atoms with Crippen LogP contribution in [0.15, 0.2) is 54.6 Å². The van der Waals surface area contributed by atoms with Crippen LogP contribution in [0.2, 0.25) is 0 Å². The molecule has 2 aromatic carbocycles. The number of carbonyl (C=O) groups is 2. The average Bonchev–Trinajstić information content (AvgIpc) is 2.60. The molecule has 3 amide bonds. The molecule has 0 heterocycles. The molecule has 1 atom stereocenters. The Morgan fingerprint density at radius 2 is 1.67 bits per heavy atom. The lowest BCUT2D eigenvalue weighted by Crippen LogP contribution is -2.36. The van der Waals surface area contributed by atoms with Crippen LogP contribution >= 0.6 is 0 Å². The third-order valence-corrected chi connectivity index (χ3v) is 3.46. The maximum Gasteiger partial charge on any atom is 0.323 e. The van der Waals surface area contributed by atoms with Crippen LogP contribution in [-0.2, 0) is 0 Å². The molecular formula is C18H21N3O3. The monoisotopic (exact) mass is 327 g/mol. The third-order valence-electron chi connectivity index (χ3n) is 3.46. The molecule has 126 valence electrons. The van der Waals surface area contributed by atoms with Gasteiger partial charge in [0.1, 0.15) is 0 Å². The van der Waals surface area contributed by atoms with E-state index in [1.165, 1.54) is 0 Å². The van der Waals surface area contributed by atoms with Crippen molar-refractivity contribution in [3.05, 3.63) is 60.2 Å². The maximum absolute atomic E-state index is 12.2. The minimum atomic E-state index is -0.388. The Kier molecular flexibility index (Phi) is 6.33. The van der Waals surface area contributed by atoms with Crippen molar-refractivity contribution < 1.29 is 14.7 Å². The molecule has 24 heavy (non-hydrogen) atoms. The van der Waals surface area contributed by atoms with E-state index in [0.29, 0.717) is 23.4 Å². The predicted octanol–water partition coefficient (Wildman–Crippen LogP) is 2.83. The second-order valence-corrected chi connectivity index (χ2v) is 5.29. The third kappa shape index (κ3) is 5.10. The van der Waals surface area contributed by atoms with E-state index in [9.17, 15) is 9.59 Å². The zero-order valence-electron chi connectivity index (χ0n) is 13.5. The van der Waals surface area contributed by atoms with Crippen molar-refractivity contribution in [1.29, 1.82) is 0 Å². The molecule has 6 nitrogen and oxygen atoms in total.